The minimum Gasteiger partial charge on any atom is -0.330 e. The summed E-state index contributed by atoms with van der Waals surface area (Å²) in [6, 6.07) is 12.0. The maximum atomic E-state index is 13.1. The summed E-state index contributed by atoms with van der Waals surface area (Å²) in [4.78, 5) is 14.8. The largest absolute Gasteiger partial charge is 0.330 e. The van der Waals surface area contributed by atoms with Gasteiger partial charge in [-0.1, -0.05) is 47.0 Å². The molecule has 0 radical (unpaired) electrons. The van der Waals surface area contributed by atoms with Crippen LogP contribution in [0.25, 0.3) is 0 Å². The van der Waals surface area contributed by atoms with Crippen molar-refractivity contribution in [3.63, 3.8) is 0 Å². The molecular weight excluding hydrogens is 393 g/mol. The zero-order valence-electron chi connectivity index (χ0n) is 14.3. The van der Waals surface area contributed by atoms with Crippen LogP contribution in [0.3, 0.4) is 0 Å². The summed E-state index contributed by atoms with van der Waals surface area (Å²) in [5.41, 5.74) is 2.25. The predicted octanol–water partition coefficient (Wildman–Crippen LogP) is 4.13. The maximum Gasteiger partial charge on any atom is 0.254 e. The molecular formula is C19H19Cl2NO3S. The van der Waals surface area contributed by atoms with Gasteiger partial charge < -0.3 is 4.90 Å². The molecule has 7 heteroatoms. The molecule has 0 saturated carbocycles. The Morgan fingerprint density at radius 2 is 1.96 bits per heavy atom. The second kappa shape index (κ2) is 7.59. The minimum atomic E-state index is -3.12. The molecule has 138 valence electrons. The van der Waals surface area contributed by atoms with E-state index in [9.17, 15) is 13.2 Å². The topological polar surface area (TPSA) is 54.5 Å². The molecule has 0 aromatic heterocycles. The van der Waals surface area contributed by atoms with Crippen molar-refractivity contribution in [3.8, 4) is 0 Å². The molecule has 1 saturated heterocycles. The normalized spacial score (nSPS) is 18.7. The van der Waals surface area contributed by atoms with Gasteiger partial charge >= 0.3 is 0 Å². The highest BCUT2D eigenvalue weighted by Crippen LogP contribution is 2.27. The van der Waals surface area contributed by atoms with Crippen molar-refractivity contribution in [2.24, 2.45) is 0 Å². The molecule has 0 bridgehead atoms. The molecule has 2 aromatic carbocycles. The summed E-state index contributed by atoms with van der Waals surface area (Å²) in [5, 5.41) is 0.971. The maximum absolute atomic E-state index is 13.1. The zero-order valence-corrected chi connectivity index (χ0v) is 16.6. The molecule has 2 aromatic rings. The Kier molecular flexibility index (Phi) is 5.61. The van der Waals surface area contributed by atoms with Gasteiger partial charge in [0.05, 0.1) is 11.5 Å². The first-order valence-corrected chi connectivity index (χ1v) is 10.8. The van der Waals surface area contributed by atoms with Crippen molar-refractivity contribution < 1.29 is 13.2 Å². The van der Waals surface area contributed by atoms with Gasteiger partial charge in [-0.25, -0.2) is 8.42 Å². The fourth-order valence-corrected chi connectivity index (χ4v) is 5.36. The SMILES string of the molecule is Cc1cccc(C(=O)N(Cc2ccc(Cl)cc2Cl)C2CCS(=O)(=O)C2)c1. The number of amides is 1. The van der Waals surface area contributed by atoms with Gasteiger partial charge in [0.15, 0.2) is 9.84 Å². The summed E-state index contributed by atoms with van der Waals surface area (Å²) >= 11 is 12.2. The van der Waals surface area contributed by atoms with Gasteiger partial charge in [-0.2, -0.15) is 0 Å². The number of aryl methyl sites for hydroxylation is 1. The van der Waals surface area contributed by atoms with Crippen LogP contribution in [-0.4, -0.2) is 36.8 Å². The number of benzene rings is 2. The van der Waals surface area contributed by atoms with Crippen molar-refractivity contribution >= 4 is 38.9 Å². The van der Waals surface area contributed by atoms with Gasteiger partial charge in [-0.05, 0) is 43.2 Å². The smallest absolute Gasteiger partial charge is 0.254 e. The Morgan fingerprint density at radius 1 is 1.19 bits per heavy atom. The Morgan fingerprint density at radius 3 is 2.58 bits per heavy atom. The third-order valence-corrected chi connectivity index (χ3v) is 6.87. The Hall–Kier alpha value is -1.56. The zero-order chi connectivity index (χ0) is 18.9. The number of hydrogen-bond donors (Lipinski definition) is 0. The van der Waals surface area contributed by atoms with Crippen LogP contribution in [0.5, 0.6) is 0 Å². The van der Waals surface area contributed by atoms with E-state index in [1.807, 2.05) is 25.1 Å². The fraction of sp³-hybridized carbons (Fsp3) is 0.316. The highest BCUT2D eigenvalue weighted by molar-refractivity contribution is 7.91. The number of hydrogen-bond acceptors (Lipinski definition) is 3. The molecule has 26 heavy (non-hydrogen) atoms. The molecule has 0 aliphatic carbocycles. The lowest BCUT2D eigenvalue weighted by atomic mass is 10.1. The first-order chi connectivity index (χ1) is 12.2. The number of carbonyl (C=O) groups excluding carboxylic acids is 1. The van der Waals surface area contributed by atoms with Gasteiger partial charge in [0.2, 0.25) is 0 Å². The number of halogens is 2. The van der Waals surface area contributed by atoms with Crippen molar-refractivity contribution in [1.82, 2.24) is 4.90 Å². The van der Waals surface area contributed by atoms with Gasteiger partial charge in [0.1, 0.15) is 0 Å². The third-order valence-electron chi connectivity index (χ3n) is 4.53. The fourth-order valence-electron chi connectivity index (χ4n) is 3.17. The number of sulfone groups is 1. The number of rotatable bonds is 4. The summed E-state index contributed by atoms with van der Waals surface area (Å²) < 4.78 is 23.9. The van der Waals surface area contributed by atoms with Gasteiger partial charge in [-0.15, -0.1) is 0 Å². The molecule has 1 heterocycles. The summed E-state index contributed by atoms with van der Waals surface area (Å²) in [5.74, 6) is -0.110. The Labute approximate surface area is 163 Å². The lowest BCUT2D eigenvalue weighted by molar-refractivity contribution is 0.0681. The molecule has 1 unspecified atom stereocenters. The highest BCUT2D eigenvalue weighted by Gasteiger charge is 2.35. The van der Waals surface area contributed by atoms with Crippen LogP contribution >= 0.6 is 23.2 Å². The summed E-state index contributed by atoms with van der Waals surface area (Å²) in [7, 11) is -3.12. The number of carbonyl (C=O) groups is 1. The Balaban J connectivity index is 1.95. The van der Waals surface area contributed by atoms with Crippen LogP contribution in [-0.2, 0) is 16.4 Å². The molecule has 3 rings (SSSR count). The van der Waals surface area contributed by atoms with Crippen molar-refractivity contribution in [1.29, 1.82) is 0 Å². The van der Waals surface area contributed by atoms with E-state index in [4.69, 9.17) is 23.2 Å². The van der Waals surface area contributed by atoms with E-state index < -0.39 is 9.84 Å². The van der Waals surface area contributed by atoms with E-state index in [0.717, 1.165) is 11.1 Å². The van der Waals surface area contributed by atoms with Gasteiger partial charge in [0.25, 0.3) is 5.91 Å². The third kappa shape index (κ3) is 4.40. The van der Waals surface area contributed by atoms with E-state index >= 15 is 0 Å². The van der Waals surface area contributed by atoms with Crippen LogP contribution in [0.2, 0.25) is 10.0 Å². The second-order valence-corrected chi connectivity index (χ2v) is 9.67. The summed E-state index contributed by atoms with van der Waals surface area (Å²) in [6.45, 7) is 2.15. The van der Waals surface area contributed by atoms with E-state index in [-0.39, 0.29) is 30.0 Å². The average Bonchev–Trinajstić information content (AvgIpc) is 2.93. The molecule has 4 nitrogen and oxygen atoms in total. The molecule has 0 spiro atoms. The minimum absolute atomic E-state index is 0.0181. The van der Waals surface area contributed by atoms with Crippen molar-refractivity contribution in [3.05, 3.63) is 69.2 Å². The van der Waals surface area contributed by atoms with E-state index in [1.54, 1.807) is 29.2 Å². The lowest BCUT2D eigenvalue weighted by Gasteiger charge is -2.29. The Bertz CT molecular complexity index is 944. The number of nitrogens with zero attached hydrogens (tertiary/aromatic N) is 1. The summed E-state index contributed by atoms with van der Waals surface area (Å²) in [6.07, 6.45) is 0.436. The molecule has 1 atom stereocenters. The molecule has 1 fully saturated rings. The van der Waals surface area contributed by atoms with Crippen LogP contribution in [0.15, 0.2) is 42.5 Å². The predicted molar refractivity (Wildman–Crippen MR) is 105 cm³/mol. The average molecular weight is 412 g/mol. The van der Waals surface area contributed by atoms with E-state index in [1.165, 1.54) is 0 Å². The molecule has 1 amide bonds. The van der Waals surface area contributed by atoms with Crippen LogP contribution in [0.4, 0.5) is 0 Å². The molecule has 1 aliphatic heterocycles. The van der Waals surface area contributed by atoms with Gasteiger partial charge in [-0.3, -0.25) is 4.79 Å². The van der Waals surface area contributed by atoms with E-state index in [2.05, 4.69) is 0 Å². The quantitative estimate of drug-likeness (QED) is 0.759. The highest BCUT2D eigenvalue weighted by atomic mass is 35.5. The van der Waals surface area contributed by atoms with Crippen molar-refractivity contribution in [2.45, 2.75) is 25.9 Å². The standard InChI is InChI=1S/C19H19Cl2NO3S/c1-13-3-2-4-14(9-13)19(23)22(17-7-8-26(24,25)12-17)11-15-5-6-16(20)10-18(15)21/h2-6,9-10,17H,7-8,11-12H2,1H3. The molecule has 0 N–H and O–H groups in total. The lowest BCUT2D eigenvalue weighted by Crippen LogP contribution is -2.40. The van der Waals surface area contributed by atoms with Crippen molar-refractivity contribution in [2.75, 3.05) is 11.5 Å². The van der Waals surface area contributed by atoms with Gasteiger partial charge in [0, 0.05) is 28.2 Å². The monoisotopic (exact) mass is 411 g/mol. The first-order valence-electron chi connectivity index (χ1n) is 8.27. The molecule has 1 aliphatic rings. The van der Waals surface area contributed by atoms with E-state index in [0.29, 0.717) is 22.0 Å². The first kappa shape index (κ1) is 19.2. The van der Waals surface area contributed by atoms with Crippen LogP contribution < -0.4 is 0 Å². The van der Waals surface area contributed by atoms with Crippen LogP contribution in [0, 0.1) is 6.92 Å². The second-order valence-electron chi connectivity index (χ2n) is 6.60. The van der Waals surface area contributed by atoms with Crippen LogP contribution in [0.1, 0.15) is 27.9 Å².